The van der Waals surface area contributed by atoms with Crippen LogP contribution in [0.3, 0.4) is 0 Å². The Hall–Kier alpha value is -5.86. The minimum absolute atomic E-state index is 0.190. The Morgan fingerprint density at radius 1 is 0.386 bits per heavy atom. The van der Waals surface area contributed by atoms with Crippen LogP contribution in [-0.4, -0.2) is 9.97 Å². The summed E-state index contributed by atoms with van der Waals surface area (Å²) in [6.45, 7) is 0. The first-order chi connectivity index (χ1) is 23.9. The van der Waals surface area contributed by atoms with Gasteiger partial charge in [-0.25, -0.2) is 9.97 Å². The molecular weight excluding hydrogens is 532 g/mol. The molecule has 8 aromatic rings. The molecule has 7 aromatic carbocycles. The molecule has 0 saturated carbocycles. The van der Waals surface area contributed by atoms with Gasteiger partial charge < -0.3 is 0 Å². The largest absolute Gasteiger partial charge is 0.228 e. The molecule has 0 N–H and O–H groups in total. The van der Waals surface area contributed by atoms with Crippen molar-refractivity contribution in [2.75, 3.05) is 0 Å². The fraction of sp³-hybridized carbons (Fsp3) is 0. The second kappa shape index (κ2) is 11.1. The molecule has 0 aliphatic rings. The maximum absolute atomic E-state index is 8.43. The van der Waals surface area contributed by atoms with Crippen LogP contribution in [0, 0.1) is 0 Å². The molecule has 206 valence electrons. The SMILES string of the molecule is [2H]c1c([2H])c([2H])c(-c2ccc3cc(-c4cc(-c5ccc(-c6ccccc6)c6ccccc56)nc(-c5ccccc5)n4)ccc3c2)c([2H])c1[2H]. The lowest BCUT2D eigenvalue weighted by molar-refractivity contribution is 1.19. The number of aromatic nitrogens is 2. The molecule has 0 aliphatic carbocycles. The van der Waals surface area contributed by atoms with E-state index in [9.17, 15) is 0 Å². The third kappa shape index (κ3) is 4.83. The average Bonchev–Trinajstić information content (AvgIpc) is 3.16. The third-order valence-corrected chi connectivity index (χ3v) is 7.97. The first kappa shape index (κ1) is 20.9. The normalized spacial score (nSPS) is 12.8. The van der Waals surface area contributed by atoms with Crippen molar-refractivity contribution < 1.29 is 6.85 Å². The zero-order valence-corrected chi connectivity index (χ0v) is 23.7. The van der Waals surface area contributed by atoms with Crippen molar-refractivity contribution in [2.24, 2.45) is 0 Å². The van der Waals surface area contributed by atoms with Gasteiger partial charge in [0.05, 0.1) is 18.2 Å². The van der Waals surface area contributed by atoms with Gasteiger partial charge in [-0.2, -0.15) is 0 Å². The minimum atomic E-state index is -0.400. The van der Waals surface area contributed by atoms with E-state index in [1.165, 1.54) is 0 Å². The Kier molecular flexibility index (Phi) is 5.27. The van der Waals surface area contributed by atoms with Gasteiger partial charge in [0, 0.05) is 16.7 Å². The van der Waals surface area contributed by atoms with E-state index in [-0.39, 0.29) is 29.7 Å². The highest BCUT2D eigenvalue weighted by atomic mass is 14.9. The van der Waals surface area contributed by atoms with Gasteiger partial charge >= 0.3 is 0 Å². The molecule has 0 fully saturated rings. The van der Waals surface area contributed by atoms with E-state index in [0.717, 1.165) is 60.8 Å². The van der Waals surface area contributed by atoms with Crippen LogP contribution in [0.15, 0.2) is 170 Å². The number of nitrogens with zero attached hydrogens (tertiary/aromatic N) is 2. The van der Waals surface area contributed by atoms with Crippen LogP contribution in [0.25, 0.3) is 77.7 Å². The molecule has 2 nitrogen and oxygen atoms in total. The van der Waals surface area contributed by atoms with Gasteiger partial charge in [-0.3, -0.25) is 0 Å². The van der Waals surface area contributed by atoms with E-state index in [0.29, 0.717) is 11.4 Å². The Morgan fingerprint density at radius 2 is 0.955 bits per heavy atom. The van der Waals surface area contributed by atoms with Crippen LogP contribution in [-0.2, 0) is 0 Å². The second-order valence-corrected chi connectivity index (χ2v) is 10.7. The van der Waals surface area contributed by atoms with Gasteiger partial charge in [0.15, 0.2) is 5.82 Å². The lowest BCUT2D eigenvalue weighted by atomic mass is 9.93. The molecule has 0 bridgehead atoms. The van der Waals surface area contributed by atoms with Crippen molar-refractivity contribution in [2.45, 2.75) is 0 Å². The van der Waals surface area contributed by atoms with Crippen molar-refractivity contribution in [1.29, 1.82) is 0 Å². The van der Waals surface area contributed by atoms with E-state index >= 15 is 0 Å². The van der Waals surface area contributed by atoms with Crippen molar-refractivity contribution in [3.05, 3.63) is 170 Å². The molecule has 44 heavy (non-hydrogen) atoms. The standard InChI is InChI=1S/C42H28N2/c1-4-12-29(13-5-1)32-20-21-34-27-35(23-22-33(34)26-32)40-28-41(44-42(43-40)31-16-8-3-9-17-31)39-25-24-36(30-14-6-2-7-15-30)37-18-10-11-19-38(37)39/h1-28H/i1D,4D,5D,12D,13D. The number of rotatable bonds is 5. The minimum Gasteiger partial charge on any atom is -0.228 e. The maximum Gasteiger partial charge on any atom is 0.160 e. The zero-order valence-electron chi connectivity index (χ0n) is 28.7. The van der Waals surface area contributed by atoms with Crippen LogP contribution >= 0.6 is 0 Å². The fourth-order valence-electron chi connectivity index (χ4n) is 5.80. The molecule has 0 radical (unpaired) electrons. The van der Waals surface area contributed by atoms with E-state index in [4.69, 9.17) is 16.8 Å². The summed E-state index contributed by atoms with van der Waals surface area (Å²) in [6, 6.07) is 45.3. The van der Waals surface area contributed by atoms with E-state index in [1.54, 1.807) is 6.07 Å². The van der Waals surface area contributed by atoms with Gasteiger partial charge in [0.2, 0.25) is 0 Å². The first-order valence-corrected chi connectivity index (χ1v) is 14.5. The highest BCUT2D eigenvalue weighted by Crippen LogP contribution is 2.37. The molecule has 0 amide bonds. The van der Waals surface area contributed by atoms with Crippen LogP contribution < -0.4 is 0 Å². The average molecular weight is 566 g/mol. The summed E-state index contributed by atoms with van der Waals surface area (Å²) in [5.41, 5.74) is 7.51. The highest BCUT2D eigenvalue weighted by Gasteiger charge is 2.15. The van der Waals surface area contributed by atoms with Crippen LogP contribution in [0.4, 0.5) is 0 Å². The van der Waals surface area contributed by atoms with Gasteiger partial charge in [-0.15, -0.1) is 0 Å². The predicted octanol–water partition coefficient (Wildman–Crippen LogP) is 11.1. The summed E-state index contributed by atoms with van der Waals surface area (Å²) < 4.78 is 41.0. The number of fused-ring (bicyclic) bond motifs is 2. The number of hydrogen-bond acceptors (Lipinski definition) is 2. The Balaban J connectivity index is 1.27. The van der Waals surface area contributed by atoms with E-state index < -0.39 is 6.04 Å². The molecule has 1 heterocycles. The number of hydrogen-bond donors (Lipinski definition) is 0. The predicted molar refractivity (Wildman–Crippen MR) is 184 cm³/mol. The molecular formula is C42H28N2. The van der Waals surface area contributed by atoms with Crippen LogP contribution in [0.2, 0.25) is 0 Å². The van der Waals surface area contributed by atoms with Gasteiger partial charge in [-0.1, -0.05) is 152 Å². The summed E-state index contributed by atoms with van der Waals surface area (Å²) in [6.07, 6.45) is 0. The third-order valence-electron chi connectivity index (χ3n) is 7.97. The van der Waals surface area contributed by atoms with Gasteiger partial charge in [0.1, 0.15) is 0 Å². The smallest absolute Gasteiger partial charge is 0.160 e. The fourth-order valence-corrected chi connectivity index (χ4v) is 5.80. The van der Waals surface area contributed by atoms with Crippen molar-refractivity contribution >= 4 is 21.5 Å². The molecule has 8 rings (SSSR count). The lowest BCUT2D eigenvalue weighted by Crippen LogP contribution is -1.97. The second-order valence-electron chi connectivity index (χ2n) is 10.7. The molecule has 1 aromatic heterocycles. The monoisotopic (exact) mass is 565 g/mol. The summed E-state index contributed by atoms with van der Waals surface area (Å²) in [5.74, 6) is 0.626. The Morgan fingerprint density at radius 3 is 1.68 bits per heavy atom. The van der Waals surface area contributed by atoms with E-state index in [1.807, 2.05) is 66.7 Å². The molecule has 0 aliphatic heterocycles. The van der Waals surface area contributed by atoms with Gasteiger partial charge in [-0.05, 0) is 62.0 Å². The summed E-state index contributed by atoms with van der Waals surface area (Å²) in [4.78, 5) is 10.2. The molecule has 0 atom stereocenters. The van der Waals surface area contributed by atoms with Crippen molar-refractivity contribution in [3.63, 3.8) is 0 Å². The Labute approximate surface area is 264 Å². The van der Waals surface area contributed by atoms with E-state index in [2.05, 4.69) is 66.7 Å². The molecule has 0 spiro atoms. The van der Waals surface area contributed by atoms with Crippen molar-refractivity contribution in [3.8, 4) is 56.2 Å². The molecule has 2 heteroatoms. The zero-order chi connectivity index (χ0) is 33.6. The van der Waals surface area contributed by atoms with Crippen LogP contribution in [0.1, 0.15) is 6.85 Å². The summed E-state index contributed by atoms with van der Waals surface area (Å²) in [5, 5.41) is 4.07. The topological polar surface area (TPSA) is 25.8 Å². The first-order valence-electron chi connectivity index (χ1n) is 17.0. The quantitative estimate of drug-likeness (QED) is 0.207. The summed E-state index contributed by atoms with van der Waals surface area (Å²) >= 11 is 0. The molecule has 0 saturated heterocycles. The molecule has 0 unspecified atom stereocenters. The maximum atomic E-state index is 8.43. The summed E-state index contributed by atoms with van der Waals surface area (Å²) in [7, 11) is 0. The van der Waals surface area contributed by atoms with Crippen LogP contribution in [0.5, 0.6) is 0 Å². The Bertz CT molecular complexity index is 2520. The lowest BCUT2D eigenvalue weighted by Gasteiger charge is -2.14. The number of benzene rings is 7. The van der Waals surface area contributed by atoms with Gasteiger partial charge in [0.25, 0.3) is 0 Å². The highest BCUT2D eigenvalue weighted by molar-refractivity contribution is 6.04. The van der Waals surface area contributed by atoms with Crippen molar-refractivity contribution in [1.82, 2.24) is 9.97 Å².